The molecule has 1 aromatic carbocycles. The van der Waals surface area contributed by atoms with Gasteiger partial charge in [-0.05, 0) is 75.6 Å². The molecule has 5 N–H and O–H groups in total. The second-order valence-electron chi connectivity index (χ2n) is 9.24. The average molecular weight is 458 g/mol. The van der Waals surface area contributed by atoms with Crippen LogP contribution in [0.25, 0.3) is 22.2 Å². The molecule has 0 radical (unpaired) electrons. The number of carboxylic acids is 1. The van der Waals surface area contributed by atoms with Gasteiger partial charge in [-0.25, -0.2) is 4.79 Å². The van der Waals surface area contributed by atoms with Crippen molar-refractivity contribution in [2.45, 2.75) is 64.5 Å². The van der Waals surface area contributed by atoms with Gasteiger partial charge in [0.1, 0.15) is 5.75 Å². The van der Waals surface area contributed by atoms with Gasteiger partial charge in [-0.15, -0.1) is 12.4 Å². The van der Waals surface area contributed by atoms with Gasteiger partial charge in [0.05, 0.1) is 5.69 Å². The number of fused-ring (bicyclic) bond motifs is 4. The number of carbonyl (C=O) groups is 1. The smallest absolute Gasteiger partial charge is 0.345 e. The number of aryl methyl sites for hydroxylation is 2. The maximum absolute atomic E-state index is 12.4. The van der Waals surface area contributed by atoms with E-state index in [0.29, 0.717) is 17.7 Å². The Bertz CT molecular complexity index is 1290. The summed E-state index contributed by atoms with van der Waals surface area (Å²) in [6.45, 7) is 5.17. The van der Waals surface area contributed by atoms with Crippen molar-refractivity contribution < 1.29 is 15.0 Å². The summed E-state index contributed by atoms with van der Waals surface area (Å²) in [5, 5.41) is 24.7. The first-order valence-electron chi connectivity index (χ1n) is 10.9. The highest BCUT2D eigenvalue weighted by atomic mass is 35.5. The van der Waals surface area contributed by atoms with Crippen molar-refractivity contribution in [2.75, 3.05) is 0 Å². The largest absolute Gasteiger partial charge is 0.506 e. The van der Waals surface area contributed by atoms with E-state index in [1.54, 1.807) is 0 Å². The molecule has 0 unspecified atom stereocenters. The fraction of sp³-hybridized carbons (Fsp3) is 0.417. The van der Waals surface area contributed by atoms with Gasteiger partial charge in [0.2, 0.25) is 0 Å². The molecular formula is C24H28ClN3O4. The molecule has 7 nitrogen and oxygen atoms in total. The number of carboxylic acid groups (broad SMARTS) is 1. The van der Waals surface area contributed by atoms with Gasteiger partial charge < -0.3 is 25.5 Å². The molecule has 170 valence electrons. The number of nitrogens with one attached hydrogen (secondary N) is 3. The molecule has 2 heterocycles. The second-order valence-corrected chi connectivity index (χ2v) is 9.24. The van der Waals surface area contributed by atoms with Crippen LogP contribution in [-0.2, 0) is 19.4 Å². The van der Waals surface area contributed by atoms with Crippen LogP contribution < -0.4 is 10.9 Å². The monoisotopic (exact) mass is 457 g/mol. The zero-order valence-corrected chi connectivity index (χ0v) is 19.0. The van der Waals surface area contributed by atoms with E-state index >= 15 is 0 Å². The molecule has 1 fully saturated rings. The number of H-pyrrole nitrogens is 2. The Balaban J connectivity index is 0.00000245. The number of rotatable bonds is 4. The first-order valence-corrected chi connectivity index (χ1v) is 10.9. The highest BCUT2D eigenvalue weighted by Crippen LogP contribution is 2.39. The highest BCUT2D eigenvalue weighted by molar-refractivity contribution is 5.94. The Morgan fingerprint density at radius 1 is 1.19 bits per heavy atom. The quantitative estimate of drug-likeness (QED) is 0.402. The molecule has 0 aliphatic heterocycles. The van der Waals surface area contributed by atoms with Crippen molar-refractivity contribution in [1.82, 2.24) is 15.3 Å². The van der Waals surface area contributed by atoms with Crippen molar-refractivity contribution in [1.29, 1.82) is 0 Å². The Kier molecular flexibility index (Phi) is 5.59. The van der Waals surface area contributed by atoms with Gasteiger partial charge in [0.15, 0.2) is 5.56 Å². The van der Waals surface area contributed by atoms with Crippen molar-refractivity contribution in [3.63, 3.8) is 0 Å². The molecule has 1 saturated carbocycles. The molecule has 2 aliphatic rings. The van der Waals surface area contributed by atoms with E-state index in [2.05, 4.69) is 35.2 Å². The molecular weight excluding hydrogens is 430 g/mol. The molecule has 32 heavy (non-hydrogen) atoms. The van der Waals surface area contributed by atoms with Gasteiger partial charge in [0, 0.05) is 39.8 Å². The van der Waals surface area contributed by atoms with Gasteiger partial charge in [0.25, 0.3) is 5.56 Å². The third-order valence-corrected chi connectivity index (χ3v) is 7.18. The number of benzene rings is 1. The predicted molar refractivity (Wildman–Crippen MR) is 126 cm³/mol. The zero-order valence-electron chi connectivity index (χ0n) is 18.2. The summed E-state index contributed by atoms with van der Waals surface area (Å²) in [5.74, 6) is -1.83. The van der Waals surface area contributed by atoms with Crippen LogP contribution in [0.5, 0.6) is 5.75 Å². The highest BCUT2D eigenvalue weighted by Gasteiger charge is 2.31. The third kappa shape index (κ3) is 3.49. The van der Waals surface area contributed by atoms with Crippen molar-refractivity contribution >= 4 is 29.3 Å². The lowest BCUT2D eigenvalue weighted by Gasteiger charge is -2.39. The molecule has 2 aromatic heterocycles. The molecule has 0 spiro atoms. The maximum atomic E-state index is 12.4. The van der Waals surface area contributed by atoms with E-state index < -0.39 is 22.8 Å². The summed E-state index contributed by atoms with van der Waals surface area (Å²) in [6, 6.07) is 4.19. The van der Waals surface area contributed by atoms with E-state index in [1.165, 1.54) is 24.8 Å². The number of aromatic amines is 2. The first kappa shape index (κ1) is 22.4. The molecule has 0 amide bonds. The van der Waals surface area contributed by atoms with Gasteiger partial charge in [-0.1, -0.05) is 0 Å². The number of pyridine rings is 1. The first-order chi connectivity index (χ1) is 14.8. The fourth-order valence-corrected chi connectivity index (χ4v) is 5.03. The Labute approximate surface area is 191 Å². The zero-order chi connectivity index (χ0) is 21.9. The SMILES string of the molecule is Cc1c(CNC2(C)CCC2)[nH]c2cc3c(cc12)CCCc1c-3[nH]c(=O)c(C(=O)O)c1O.Cl. The predicted octanol–water partition coefficient (Wildman–Crippen LogP) is 4.18. The van der Waals surface area contributed by atoms with E-state index in [4.69, 9.17) is 0 Å². The summed E-state index contributed by atoms with van der Waals surface area (Å²) < 4.78 is 0. The Morgan fingerprint density at radius 3 is 2.59 bits per heavy atom. The second kappa shape index (κ2) is 7.98. The van der Waals surface area contributed by atoms with Crippen molar-refractivity contribution in [3.05, 3.63) is 50.4 Å². The topological polar surface area (TPSA) is 118 Å². The summed E-state index contributed by atoms with van der Waals surface area (Å²) in [4.78, 5) is 30.1. The summed E-state index contributed by atoms with van der Waals surface area (Å²) in [5.41, 5.74) is 5.16. The minimum absolute atomic E-state index is 0. The minimum Gasteiger partial charge on any atom is -0.506 e. The van der Waals surface area contributed by atoms with Crippen LogP contribution >= 0.6 is 12.4 Å². The van der Waals surface area contributed by atoms with E-state index in [1.807, 2.05) is 6.07 Å². The fourth-order valence-electron chi connectivity index (χ4n) is 5.03. The van der Waals surface area contributed by atoms with Crippen molar-refractivity contribution in [2.24, 2.45) is 0 Å². The van der Waals surface area contributed by atoms with Crippen LogP contribution in [0.1, 0.15) is 65.3 Å². The maximum Gasteiger partial charge on any atom is 0.345 e. The molecule has 2 aliphatic carbocycles. The Hall–Kier alpha value is -2.77. The summed E-state index contributed by atoms with van der Waals surface area (Å²) in [6.07, 6.45) is 5.74. The van der Waals surface area contributed by atoms with Crippen LogP contribution in [0.15, 0.2) is 16.9 Å². The number of hydrogen-bond donors (Lipinski definition) is 5. The van der Waals surface area contributed by atoms with E-state index in [9.17, 15) is 19.8 Å². The standard InChI is InChI=1S/C24H27N3O4.ClH/c1-12-15-9-13-5-3-6-14-20(27-22(29)19(21(14)28)23(30)31)16(13)10-17(15)26-18(12)11-25-24(2)7-4-8-24;/h9-10,25-26H,3-8,11H2,1-2H3,(H,30,31)(H2,27,28,29);1H. The number of aromatic nitrogens is 2. The van der Waals surface area contributed by atoms with Crippen LogP contribution in [-0.4, -0.2) is 31.7 Å². The Morgan fingerprint density at radius 2 is 1.94 bits per heavy atom. The van der Waals surface area contributed by atoms with E-state index in [0.717, 1.165) is 47.1 Å². The van der Waals surface area contributed by atoms with Crippen LogP contribution in [0.4, 0.5) is 0 Å². The molecule has 0 atom stereocenters. The lowest BCUT2D eigenvalue weighted by Crippen LogP contribution is -2.47. The number of hydrogen-bond acceptors (Lipinski definition) is 4. The third-order valence-electron chi connectivity index (χ3n) is 7.18. The average Bonchev–Trinajstić information content (AvgIpc) is 2.88. The molecule has 0 bridgehead atoms. The number of halogens is 1. The lowest BCUT2D eigenvalue weighted by molar-refractivity contribution is 0.0691. The van der Waals surface area contributed by atoms with E-state index in [-0.39, 0.29) is 17.9 Å². The van der Waals surface area contributed by atoms with Crippen molar-refractivity contribution in [3.8, 4) is 17.0 Å². The summed E-state index contributed by atoms with van der Waals surface area (Å²) in [7, 11) is 0. The molecule has 3 aromatic rings. The van der Waals surface area contributed by atoms with Gasteiger partial charge >= 0.3 is 5.97 Å². The van der Waals surface area contributed by atoms with Gasteiger partial charge in [-0.3, -0.25) is 4.79 Å². The number of aromatic carboxylic acids is 1. The lowest BCUT2D eigenvalue weighted by atomic mass is 9.78. The van der Waals surface area contributed by atoms with Crippen LogP contribution in [0, 0.1) is 6.92 Å². The minimum atomic E-state index is -1.42. The van der Waals surface area contributed by atoms with Gasteiger partial charge in [-0.2, -0.15) is 0 Å². The number of aromatic hydroxyl groups is 1. The normalized spacial score (nSPS) is 16.4. The molecule has 0 saturated heterocycles. The van der Waals surface area contributed by atoms with Crippen LogP contribution in [0.3, 0.4) is 0 Å². The summed E-state index contributed by atoms with van der Waals surface area (Å²) >= 11 is 0. The molecule has 5 rings (SSSR count). The van der Waals surface area contributed by atoms with Crippen LogP contribution in [0.2, 0.25) is 0 Å². The molecule has 8 heteroatoms.